The second-order valence-electron chi connectivity index (χ2n) is 11.2. The Balaban J connectivity index is 1.58. The molecular weight excluding hydrogens is 518 g/mol. The normalized spacial score (nSPS) is 31.8. The average Bonchev–Trinajstić information content (AvgIpc) is 3.18. The number of halogens is 1. The maximum Gasteiger partial charge on any atom is 0.253 e. The zero-order valence-corrected chi connectivity index (χ0v) is 23.5. The summed E-state index contributed by atoms with van der Waals surface area (Å²) in [6, 6.07) is 6.26. The Labute approximate surface area is 235 Å². The van der Waals surface area contributed by atoms with Gasteiger partial charge >= 0.3 is 0 Å². The molecule has 2 saturated heterocycles. The van der Waals surface area contributed by atoms with Crippen LogP contribution in [0.1, 0.15) is 46.0 Å². The highest BCUT2D eigenvalue weighted by Crippen LogP contribution is 2.57. The molecule has 1 aromatic rings. The van der Waals surface area contributed by atoms with Crippen molar-refractivity contribution < 1.29 is 24.2 Å². The number of aliphatic hydroxyl groups is 1. The molecule has 8 nitrogen and oxygen atoms in total. The Morgan fingerprint density at radius 3 is 2.44 bits per heavy atom. The zero-order valence-electron chi connectivity index (χ0n) is 22.7. The molecule has 0 radical (unpaired) electrons. The van der Waals surface area contributed by atoms with E-state index >= 15 is 0 Å². The van der Waals surface area contributed by atoms with Crippen LogP contribution in [0.5, 0.6) is 0 Å². The van der Waals surface area contributed by atoms with Crippen molar-refractivity contribution >= 4 is 35.0 Å². The molecule has 4 aliphatic rings. The second-order valence-corrected chi connectivity index (χ2v) is 11.6. The molecule has 0 saturated carbocycles. The van der Waals surface area contributed by atoms with E-state index in [1.807, 2.05) is 50.3 Å². The maximum absolute atomic E-state index is 14.4. The van der Waals surface area contributed by atoms with Crippen LogP contribution in [0.4, 0.5) is 5.69 Å². The fourth-order valence-corrected chi connectivity index (χ4v) is 7.15. The van der Waals surface area contributed by atoms with Crippen LogP contribution in [0.15, 0.2) is 48.6 Å². The minimum atomic E-state index is -1.27. The van der Waals surface area contributed by atoms with Crippen molar-refractivity contribution in [2.45, 2.75) is 63.2 Å². The lowest BCUT2D eigenvalue weighted by molar-refractivity contribution is -0.148. The molecule has 0 aliphatic carbocycles. The fourth-order valence-electron chi connectivity index (χ4n) is 6.92. The van der Waals surface area contributed by atoms with E-state index in [1.54, 1.807) is 26.8 Å². The molecule has 0 bridgehead atoms. The number of carbonyl (C=O) groups is 3. The minimum absolute atomic E-state index is 0.101. The molecule has 2 fully saturated rings. The first kappa shape index (κ1) is 27.9. The number of hydrogen-bond acceptors (Lipinski definition) is 5. The molecule has 5 rings (SSSR count). The third-order valence-corrected chi connectivity index (χ3v) is 8.90. The van der Waals surface area contributed by atoms with E-state index in [1.165, 1.54) is 0 Å². The van der Waals surface area contributed by atoms with Crippen LogP contribution in [-0.4, -0.2) is 82.7 Å². The predicted octanol–water partition coefficient (Wildman–Crippen LogP) is 3.57. The van der Waals surface area contributed by atoms with Gasteiger partial charge in [0.15, 0.2) is 0 Å². The van der Waals surface area contributed by atoms with E-state index in [0.717, 1.165) is 19.3 Å². The van der Waals surface area contributed by atoms with Gasteiger partial charge in [0.2, 0.25) is 11.8 Å². The van der Waals surface area contributed by atoms with E-state index in [9.17, 15) is 14.4 Å². The topological polar surface area (TPSA) is 90.4 Å². The van der Waals surface area contributed by atoms with Crippen LogP contribution < -0.4 is 4.90 Å². The number of benzene rings is 1. The monoisotopic (exact) mass is 555 g/mol. The molecule has 0 aromatic heterocycles. The quantitative estimate of drug-likeness (QED) is 0.371. The summed E-state index contributed by atoms with van der Waals surface area (Å²) in [4.78, 5) is 47.8. The van der Waals surface area contributed by atoms with Gasteiger partial charge in [-0.3, -0.25) is 14.4 Å². The minimum Gasteiger partial charge on any atom is -0.396 e. The number of nitrogens with zero attached hydrogens (tertiary/aromatic N) is 3. The molecular formula is C30H38ClN3O5. The lowest BCUT2D eigenvalue weighted by atomic mass is 9.74. The number of ether oxygens (including phenoxy) is 1. The first-order chi connectivity index (χ1) is 18.8. The summed E-state index contributed by atoms with van der Waals surface area (Å²) in [6.45, 7) is 5.75. The molecule has 4 aliphatic heterocycles. The fraction of sp³-hybridized carbons (Fsp3) is 0.567. The number of unbranched alkanes of at least 4 members (excludes halogenated alkanes) is 3. The molecule has 39 heavy (non-hydrogen) atoms. The van der Waals surface area contributed by atoms with Crippen molar-refractivity contribution in [2.24, 2.45) is 11.8 Å². The van der Waals surface area contributed by atoms with Crippen LogP contribution in [0.3, 0.4) is 0 Å². The summed E-state index contributed by atoms with van der Waals surface area (Å²) in [5.74, 6) is -2.13. The smallest absolute Gasteiger partial charge is 0.253 e. The van der Waals surface area contributed by atoms with E-state index in [4.69, 9.17) is 21.4 Å². The van der Waals surface area contributed by atoms with Gasteiger partial charge < -0.3 is 24.5 Å². The van der Waals surface area contributed by atoms with Crippen molar-refractivity contribution in [3.05, 3.63) is 53.6 Å². The van der Waals surface area contributed by atoms with Crippen LogP contribution in [0.25, 0.3) is 0 Å². The Bertz CT molecular complexity index is 1190. The molecule has 1 aromatic carbocycles. The zero-order chi connectivity index (χ0) is 27.8. The van der Waals surface area contributed by atoms with Crippen LogP contribution >= 0.6 is 11.6 Å². The average molecular weight is 556 g/mol. The Hall–Kier alpha value is -2.68. The third-order valence-electron chi connectivity index (χ3n) is 8.58. The summed E-state index contributed by atoms with van der Waals surface area (Å²) in [7, 11) is 0. The highest BCUT2D eigenvalue weighted by molar-refractivity contribution is 6.34. The summed E-state index contributed by atoms with van der Waals surface area (Å²) in [5.41, 5.74) is -1.72. The number of anilines is 1. The van der Waals surface area contributed by atoms with Gasteiger partial charge in [0.1, 0.15) is 11.6 Å². The van der Waals surface area contributed by atoms with E-state index in [2.05, 4.69) is 0 Å². The molecule has 4 heterocycles. The Morgan fingerprint density at radius 2 is 1.69 bits per heavy atom. The first-order valence-corrected chi connectivity index (χ1v) is 14.5. The number of para-hydroxylation sites is 1. The number of likely N-dealkylation sites (tertiary alicyclic amines) is 1. The largest absolute Gasteiger partial charge is 0.396 e. The van der Waals surface area contributed by atoms with Crippen molar-refractivity contribution in [2.75, 3.05) is 37.7 Å². The standard InChI is InChI=1S/C30H38ClN3O5/c1-3-16-32-17-10-14-29(2)23(26(32)36)24-27(37)34(18-8-4-5-9-20-35)25-28(38)33(19-11-15-30(24,25)39-29)22-13-7-6-12-21(22)31/h6-7,10-15,23-25,35H,3-5,8-9,16-20H2,1-2H3/t23-,24-,25?,29+,30-/m0/s1. The van der Waals surface area contributed by atoms with Crippen molar-refractivity contribution in [1.82, 2.24) is 9.80 Å². The van der Waals surface area contributed by atoms with Gasteiger partial charge in [-0.25, -0.2) is 0 Å². The number of aliphatic hydroxyl groups excluding tert-OH is 1. The van der Waals surface area contributed by atoms with Crippen molar-refractivity contribution in [3.63, 3.8) is 0 Å². The molecule has 210 valence electrons. The Kier molecular flexibility index (Phi) is 7.91. The van der Waals surface area contributed by atoms with E-state index in [-0.39, 0.29) is 30.9 Å². The number of amides is 3. The SMILES string of the molecule is CCCN1CC=C[C@@]2(C)O[C@]34C=CCN(c5ccccc5Cl)C(=O)C3N(CCCCCCO)C(=O)[C@@H]4[C@H]2C1=O. The third kappa shape index (κ3) is 4.60. The Morgan fingerprint density at radius 1 is 0.949 bits per heavy atom. The van der Waals surface area contributed by atoms with Gasteiger partial charge in [-0.05, 0) is 38.3 Å². The van der Waals surface area contributed by atoms with Crippen molar-refractivity contribution in [1.29, 1.82) is 0 Å². The highest BCUT2D eigenvalue weighted by atomic mass is 35.5. The first-order valence-electron chi connectivity index (χ1n) is 14.1. The molecule has 1 N–H and O–H groups in total. The second kappa shape index (κ2) is 11.1. The molecule has 5 atom stereocenters. The number of rotatable bonds is 9. The van der Waals surface area contributed by atoms with Gasteiger partial charge in [0, 0.05) is 32.8 Å². The van der Waals surface area contributed by atoms with Gasteiger partial charge in [0.25, 0.3) is 5.91 Å². The van der Waals surface area contributed by atoms with E-state index < -0.39 is 29.1 Å². The lowest BCUT2D eigenvalue weighted by Crippen LogP contribution is -2.56. The van der Waals surface area contributed by atoms with Gasteiger partial charge in [-0.2, -0.15) is 0 Å². The molecule has 1 spiro atoms. The number of fused-ring (bicyclic) bond motifs is 2. The summed E-state index contributed by atoms with van der Waals surface area (Å²) in [6.07, 6.45) is 11.4. The summed E-state index contributed by atoms with van der Waals surface area (Å²) in [5, 5.41) is 9.61. The van der Waals surface area contributed by atoms with Gasteiger partial charge in [0.05, 0.1) is 28.1 Å². The summed E-state index contributed by atoms with van der Waals surface area (Å²) < 4.78 is 6.86. The van der Waals surface area contributed by atoms with Crippen molar-refractivity contribution in [3.8, 4) is 0 Å². The molecule has 9 heteroatoms. The van der Waals surface area contributed by atoms with Crippen LogP contribution in [0.2, 0.25) is 5.02 Å². The van der Waals surface area contributed by atoms with Gasteiger partial charge in [-0.15, -0.1) is 0 Å². The van der Waals surface area contributed by atoms with Crippen LogP contribution in [-0.2, 0) is 19.1 Å². The lowest BCUT2D eigenvalue weighted by Gasteiger charge is -2.37. The number of hydrogen-bond donors (Lipinski definition) is 1. The van der Waals surface area contributed by atoms with Crippen LogP contribution in [0, 0.1) is 11.8 Å². The maximum atomic E-state index is 14.4. The molecule has 1 unspecified atom stereocenters. The predicted molar refractivity (Wildman–Crippen MR) is 149 cm³/mol. The molecule has 3 amide bonds. The van der Waals surface area contributed by atoms with E-state index in [0.29, 0.717) is 43.2 Å². The number of carbonyl (C=O) groups excluding carboxylic acids is 3. The highest BCUT2D eigenvalue weighted by Gasteiger charge is 2.74. The van der Waals surface area contributed by atoms with Gasteiger partial charge in [-0.1, -0.05) is 67.8 Å². The summed E-state index contributed by atoms with van der Waals surface area (Å²) >= 11 is 6.52.